The van der Waals surface area contributed by atoms with E-state index in [4.69, 9.17) is 9.47 Å². The number of benzene rings is 1. The minimum Gasteiger partial charge on any atom is -0.494 e. The molecule has 0 spiro atoms. The summed E-state index contributed by atoms with van der Waals surface area (Å²) < 4.78 is 24.2. The van der Waals surface area contributed by atoms with Gasteiger partial charge in [-0.3, -0.25) is 4.79 Å². The molecule has 0 bridgehead atoms. The van der Waals surface area contributed by atoms with Gasteiger partial charge in [0.2, 0.25) is 0 Å². The zero-order valence-electron chi connectivity index (χ0n) is 16.0. The Balaban J connectivity index is 2.19. The number of ether oxygens (including phenoxy) is 2. The van der Waals surface area contributed by atoms with Crippen molar-refractivity contribution in [3.05, 3.63) is 24.0 Å². The van der Waals surface area contributed by atoms with E-state index in [0.29, 0.717) is 19.6 Å². The first-order valence-electron chi connectivity index (χ1n) is 8.68. The van der Waals surface area contributed by atoms with Gasteiger partial charge in [0.25, 0.3) is 0 Å². The molecule has 6 nitrogen and oxygen atoms in total. The predicted octanol–water partition coefficient (Wildman–Crippen LogP) is 3.24. The number of hydrogen-bond acceptors (Lipinski definition) is 5. The second kappa shape index (κ2) is 7.93. The minimum atomic E-state index is -0.598. The summed E-state index contributed by atoms with van der Waals surface area (Å²) in [5.74, 6) is -0.258. The maximum atomic E-state index is 13.7. The van der Waals surface area contributed by atoms with Crippen molar-refractivity contribution in [1.82, 2.24) is 4.90 Å². The molecule has 1 aromatic carbocycles. The van der Waals surface area contributed by atoms with Crippen LogP contribution in [0, 0.1) is 5.82 Å². The highest BCUT2D eigenvalue weighted by molar-refractivity contribution is 5.78. The number of carbonyl (C=O) groups is 2. The van der Waals surface area contributed by atoms with Gasteiger partial charge in [-0.05, 0) is 39.8 Å². The van der Waals surface area contributed by atoms with E-state index < -0.39 is 17.5 Å². The Labute approximate surface area is 153 Å². The van der Waals surface area contributed by atoms with Crippen molar-refractivity contribution in [2.24, 2.45) is 0 Å². The van der Waals surface area contributed by atoms with Gasteiger partial charge in [-0.2, -0.15) is 0 Å². The molecular weight excluding hydrogens is 339 g/mol. The third kappa shape index (κ3) is 5.09. The van der Waals surface area contributed by atoms with Crippen molar-refractivity contribution in [3.63, 3.8) is 0 Å². The highest BCUT2D eigenvalue weighted by atomic mass is 19.1. The fourth-order valence-electron chi connectivity index (χ4n) is 3.00. The van der Waals surface area contributed by atoms with E-state index in [1.54, 1.807) is 17.0 Å². The third-order valence-electron chi connectivity index (χ3n) is 4.13. The lowest BCUT2D eigenvalue weighted by Gasteiger charge is -2.42. The Morgan fingerprint density at radius 1 is 1.27 bits per heavy atom. The van der Waals surface area contributed by atoms with Crippen molar-refractivity contribution >= 4 is 17.6 Å². The van der Waals surface area contributed by atoms with Crippen LogP contribution < -0.4 is 9.64 Å². The standard InChI is InChI=1S/C19H27FN2O4/c1-13(23)10-15-12-21(14-6-7-16(20)17(11-14)25-5)8-9-22(15)18(24)26-19(2,3)4/h6-7,11,15H,8-10,12H2,1-5H3. The lowest BCUT2D eigenvalue weighted by molar-refractivity contribution is -0.118. The van der Waals surface area contributed by atoms with Crippen LogP contribution in [0.1, 0.15) is 34.1 Å². The van der Waals surface area contributed by atoms with Crippen molar-refractivity contribution in [2.75, 3.05) is 31.6 Å². The zero-order chi connectivity index (χ0) is 19.5. The molecule has 0 aliphatic carbocycles. The van der Waals surface area contributed by atoms with E-state index in [9.17, 15) is 14.0 Å². The summed E-state index contributed by atoms with van der Waals surface area (Å²) in [6, 6.07) is 4.36. The van der Waals surface area contributed by atoms with Crippen LogP contribution in [-0.2, 0) is 9.53 Å². The third-order valence-corrected chi connectivity index (χ3v) is 4.13. The molecule has 7 heteroatoms. The quantitative estimate of drug-likeness (QED) is 0.819. The lowest BCUT2D eigenvalue weighted by Crippen LogP contribution is -2.56. The Bertz CT molecular complexity index is 672. The van der Waals surface area contributed by atoms with E-state index in [2.05, 4.69) is 0 Å². The summed E-state index contributed by atoms with van der Waals surface area (Å²) in [7, 11) is 1.42. The van der Waals surface area contributed by atoms with Crippen molar-refractivity contribution in [3.8, 4) is 5.75 Å². The Morgan fingerprint density at radius 2 is 1.96 bits per heavy atom. The molecule has 1 saturated heterocycles. The molecule has 144 valence electrons. The largest absolute Gasteiger partial charge is 0.494 e. The molecule has 1 aliphatic rings. The average molecular weight is 366 g/mol. The summed E-state index contributed by atoms with van der Waals surface area (Å²) in [6.07, 6.45) is -0.172. The van der Waals surface area contributed by atoms with E-state index >= 15 is 0 Å². The van der Waals surface area contributed by atoms with Gasteiger partial charge in [-0.15, -0.1) is 0 Å². The average Bonchev–Trinajstić information content (AvgIpc) is 2.53. The highest BCUT2D eigenvalue weighted by Gasteiger charge is 2.34. The van der Waals surface area contributed by atoms with Crippen LogP contribution in [0.3, 0.4) is 0 Å². The van der Waals surface area contributed by atoms with Gasteiger partial charge in [0, 0.05) is 37.8 Å². The van der Waals surface area contributed by atoms with Gasteiger partial charge in [-0.1, -0.05) is 0 Å². The van der Waals surface area contributed by atoms with Gasteiger partial charge in [0.05, 0.1) is 13.2 Å². The number of anilines is 1. The van der Waals surface area contributed by atoms with Crippen LogP contribution in [0.25, 0.3) is 0 Å². The number of nitrogens with zero attached hydrogens (tertiary/aromatic N) is 2. The number of Topliss-reactive ketones (excluding diaryl/α,β-unsaturated/α-hetero) is 1. The summed E-state index contributed by atoms with van der Waals surface area (Å²) >= 11 is 0. The number of hydrogen-bond donors (Lipinski definition) is 0. The first-order valence-corrected chi connectivity index (χ1v) is 8.68. The van der Waals surface area contributed by atoms with Crippen LogP contribution in [0.2, 0.25) is 0 Å². The topological polar surface area (TPSA) is 59.1 Å². The maximum absolute atomic E-state index is 13.7. The maximum Gasteiger partial charge on any atom is 0.410 e. The first-order chi connectivity index (χ1) is 12.1. The summed E-state index contributed by atoms with van der Waals surface area (Å²) in [4.78, 5) is 27.8. The molecule has 26 heavy (non-hydrogen) atoms. The Kier molecular flexibility index (Phi) is 6.10. The van der Waals surface area contributed by atoms with Crippen LogP contribution in [0.5, 0.6) is 5.75 Å². The molecule has 2 rings (SSSR count). The molecule has 0 radical (unpaired) electrons. The van der Waals surface area contributed by atoms with Gasteiger partial charge in [-0.25, -0.2) is 9.18 Å². The number of piperazine rings is 1. The number of halogens is 1. The van der Waals surface area contributed by atoms with Crippen molar-refractivity contribution in [1.29, 1.82) is 0 Å². The molecule has 1 aromatic rings. The number of methoxy groups -OCH3 is 1. The molecular formula is C19H27FN2O4. The SMILES string of the molecule is COc1cc(N2CCN(C(=O)OC(C)(C)C)C(CC(C)=O)C2)ccc1F. The number of carbonyl (C=O) groups excluding carboxylic acids is 2. The van der Waals surface area contributed by atoms with Gasteiger partial charge < -0.3 is 19.3 Å². The number of amides is 1. The molecule has 1 atom stereocenters. The Hall–Kier alpha value is -2.31. The smallest absolute Gasteiger partial charge is 0.410 e. The zero-order valence-corrected chi connectivity index (χ0v) is 16.0. The van der Waals surface area contributed by atoms with Gasteiger partial charge in [0.1, 0.15) is 11.4 Å². The van der Waals surface area contributed by atoms with E-state index in [1.807, 2.05) is 25.7 Å². The lowest BCUT2D eigenvalue weighted by atomic mass is 10.1. The fraction of sp³-hybridized carbons (Fsp3) is 0.579. The van der Waals surface area contributed by atoms with Crippen LogP contribution in [0.15, 0.2) is 18.2 Å². The first kappa shape index (κ1) is 20.0. The highest BCUT2D eigenvalue weighted by Crippen LogP contribution is 2.27. The monoisotopic (exact) mass is 366 g/mol. The summed E-state index contributed by atoms with van der Waals surface area (Å²) in [6.45, 7) is 8.39. The molecule has 0 aromatic heterocycles. The molecule has 1 amide bonds. The molecule has 1 heterocycles. The minimum absolute atomic E-state index is 0.00194. The summed E-state index contributed by atoms with van der Waals surface area (Å²) in [5, 5.41) is 0. The molecule has 1 aliphatic heterocycles. The predicted molar refractivity (Wildman–Crippen MR) is 97.2 cm³/mol. The van der Waals surface area contributed by atoms with Crippen molar-refractivity contribution in [2.45, 2.75) is 45.8 Å². The number of rotatable bonds is 4. The van der Waals surface area contributed by atoms with Gasteiger partial charge >= 0.3 is 6.09 Å². The van der Waals surface area contributed by atoms with E-state index in [1.165, 1.54) is 20.1 Å². The molecule has 1 fully saturated rings. The fourth-order valence-corrected chi connectivity index (χ4v) is 3.00. The van der Waals surface area contributed by atoms with E-state index in [-0.39, 0.29) is 24.0 Å². The van der Waals surface area contributed by atoms with Crippen LogP contribution in [0.4, 0.5) is 14.9 Å². The van der Waals surface area contributed by atoms with Crippen LogP contribution >= 0.6 is 0 Å². The Morgan fingerprint density at radius 3 is 2.54 bits per heavy atom. The van der Waals surface area contributed by atoms with E-state index in [0.717, 1.165) is 5.69 Å². The summed E-state index contributed by atoms with van der Waals surface area (Å²) in [5.41, 5.74) is 0.194. The molecule has 0 N–H and O–H groups in total. The molecule has 0 saturated carbocycles. The van der Waals surface area contributed by atoms with Gasteiger partial charge in [0.15, 0.2) is 11.6 Å². The molecule has 1 unspecified atom stereocenters. The van der Waals surface area contributed by atoms with Crippen LogP contribution in [-0.4, -0.2) is 55.2 Å². The number of ketones is 1. The second-order valence-corrected chi connectivity index (χ2v) is 7.50. The van der Waals surface area contributed by atoms with Crippen molar-refractivity contribution < 1.29 is 23.5 Å². The second-order valence-electron chi connectivity index (χ2n) is 7.50. The normalized spacial score (nSPS) is 17.8.